The van der Waals surface area contributed by atoms with Crippen molar-refractivity contribution >= 4 is 5.91 Å². The van der Waals surface area contributed by atoms with E-state index in [1.54, 1.807) is 21.2 Å². The first-order valence-electron chi connectivity index (χ1n) is 5.00. The Balaban J connectivity index is 4.11. The summed E-state index contributed by atoms with van der Waals surface area (Å²) in [5.74, 6) is 0.00951. The first-order valence-corrected chi connectivity index (χ1v) is 5.00. The van der Waals surface area contributed by atoms with Gasteiger partial charge in [-0.15, -0.1) is 0 Å². The summed E-state index contributed by atoms with van der Waals surface area (Å²) in [5.41, 5.74) is -0.352. The molecule has 0 saturated carbocycles. The zero-order valence-corrected chi connectivity index (χ0v) is 10.0. The molecule has 15 heavy (non-hydrogen) atoms. The van der Waals surface area contributed by atoms with Gasteiger partial charge in [0.25, 0.3) is 0 Å². The number of ether oxygens (including phenoxy) is 1. The molecular formula is C10H22N2O3. The highest BCUT2D eigenvalue weighted by molar-refractivity contribution is 5.77. The van der Waals surface area contributed by atoms with Gasteiger partial charge >= 0.3 is 0 Å². The smallest absolute Gasteiger partial charge is 0.236 e. The summed E-state index contributed by atoms with van der Waals surface area (Å²) in [7, 11) is 5.03. The van der Waals surface area contributed by atoms with Crippen LogP contribution in [0.15, 0.2) is 0 Å². The minimum Gasteiger partial charge on any atom is -0.396 e. The highest BCUT2D eigenvalue weighted by Gasteiger charge is 2.24. The fraction of sp³-hybridized carbons (Fsp3) is 0.900. The number of hydrogen-bond acceptors (Lipinski definition) is 4. The number of hydrogen-bond donors (Lipinski definition) is 2. The number of methoxy groups -OCH3 is 1. The molecule has 0 rings (SSSR count). The van der Waals surface area contributed by atoms with Crippen LogP contribution in [0.2, 0.25) is 0 Å². The summed E-state index contributed by atoms with van der Waals surface area (Å²) in [4.78, 5) is 12.9. The van der Waals surface area contributed by atoms with Gasteiger partial charge in [-0.05, 0) is 13.3 Å². The third kappa shape index (κ3) is 5.71. The molecule has 0 aliphatic heterocycles. The standard InChI is InChI=1S/C10H22N2O3/c1-10(5-6-13,8-15-4)11-7-9(14)12(2)3/h11,13H,5-8H2,1-4H3. The van der Waals surface area contributed by atoms with Gasteiger partial charge in [0.15, 0.2) is 0 Å². The van der Waals surface area contributed by atoms with Crippen molar-refractivity contribution in [2.45, 2.75) is 18.9 Å². The Labute approximate surface area is 91.4 Å². The first-order chi connectivity index (χ1) is 6.95. The molecule has 0 heterocycles. The van der Waals surface area contributed by atoms with E-state index >= 15 is 0 Å². The van der Waals surface area contributed by atoms with E-state index in [2.05, 4.69) is 5.32 Å². The van der Waals surface area contributed by atoms with E-state index < -0.39 is 0 Å². The molecule has 0 aromatic heterocycles. The number of aliphatic hydroxyl groups excluding tert-OH is 1. The average molecular weight is 218 g/mol. The number of likely N-dealkylation sites (N-methyl/N-ethyl adjacent to an activating group) is 1. The van der Waals surface area contributed by atoms with Crippen molar-refractivity contribution in [2.24, 2.45) is 0 Å². The predicted molar refractivity (Wildman–Crippen MR) is 58.7 cm³/mol. The van der Waals surface area contributed by atoms with Gasteiger partial charge in [0.2, 0.25) is 5.91 Å². The van der Waals surface area contributed by atoms with Crippen LogP contribution in [-0.2, 0) is 9.53 Å². The van der Waals surface area contributed by atoms with Gasteiger partial charge in [0, 0.05) is 33.4 Å². The van der Waals surface area contributed by atoms with Crippen LogP contribution in [0.25, 0.3) is 0 Å². The number of carbonyl (C=O) groups excluding carboxylic acids is 1. The summed E-state index contributed by atoms with van der Waals surface area (Å²) in [6, 6.07) is 0. The molecule has 0 aliphatic rings. The van der Waals surface area contributed by atoms with Gasteiger partial charge in [-0.2, -0.15) is 0 Å². The van der Waals surface area contributed by atoms with Crippen LogP contribution in [0, 0.1) is 0 Å². The predicted octanol–water partition coefficient (Wildman–Crippen LogP) is -0.548. The van der Waals surface area contributed by atoms with Crippen molar-refractivity contribution in [2.75, 3.05) is 41.0 Å². The van der Waals surface area contributed by atoms with E-state index in [4.69, 9.17) is 9.84 Å². The molecule has 0 saturated heterocycles. The zero-order chi connectivity index (χ0) is 11.9. The van der Waals surface area contributed by atoms with Crippen LogP contribution >= 0.6 is 0 Å². The quantitative estimate of drug-likeness (QED) is 0.602. The van der Waals surface area contributed by atoms with E-state index in [-0.39, 0.29) is 24.6 Å². The van der Waals surface area contributed by atoms with Crippen LogP contribution in [-0.4, -0.2) is 62.4 Å². The van der Waals surface area contributed by atoms with E-state index in [9.17, 15) is 4.79 Å². The van der Waals surface area contributed by atoms with E-state index in [0.717, 1.165) is 0 Å². The molecule has 0 spiro atoms. The number of carbonyl (C=O) groups is 1. The summed E-state index contributed by atoms with van der Waals surface area (Å²) in [5, 5.41) is 12.0. The molecule has 0 aromatic carbocycles. The number of nitrogens with one attached hydrogen (secondary N) is 1. The third-order valence-electron chi connectivity index (χ3n) is 2.29. The molecule has 0 bridgehead atoms. The van der Waals surface area contributed by atoms with Crippen LogP contribution in [0.3, 0.4) is 0 Å². The molecule has 2 N–H and O–H groups in total. The molecule has 5 nitrogen and oxygen atoms in total. The highest BCUT2D eigenvalue weighted by Crippen LogP contribution is 2.08. The van der Waals surface area contributed by atoms with Crippen molar-refractivity contribution in [1.82, 2.24) is 10.2 Å². The normalized spacial score (nSPS) is 14.7. The molecule has 1 atom stereocenters. The fourth-order valence-electron chi connectivity index (χ4n) is 1.22. The Kier molecular flexibility index (Phi) is 6.47. The molecule has 0 aliphatic carbocycles. The lowest BCUT2D eigenvalue weighted by Crippen LogP contribution is -2.50. The molecule has 1 amide bonds. The Hall–Kier alpha value is -0.650. The Morgan fingerprint density at radius 2 is 2.13 bits per heavy atom. The lowest BCUT2D eigenvalue weighted by molar-refractivity contribution is -0.128. The van der Waals surface area contributed by atoms with Crippen LogP contribution in [0.1, 0.15) is 13.3 Å². The SMILES string of the molecule is COCC(C)(CCO)NCC(=O)N(C)C. The maximum absolute atomic E-state index is 11.4. The monoisotopic (exact) mass is 218 g/mol. The highest BCUT2D eigenvalue weighted by atomic mass is 16.5. The minimum absolute atomic E-state index is 0.00951. The molecule has 5 heteroatoms. The maximum Gasteiger partial charge on any atom is 0.236 e. The van der Waals surface area contributed by atoms with Crippen LogP contribution in [0.5, 0.6) is 0 Å². The largest absolute Gasteiger partial charge is 0.396 e. The molecule has 1 unspecified atom stereocenters. The number of nitrogens with zero attached hydrogens (tertiary/aromatic N) is 1. The Morgan fingerprint density at radius 1 is 1.53 bits per heavy atom. The van der Waals surface area contributed by atoms with Crippen molar-refractivity contribution in [3.8, 4) is 0 Å². The van der Waals surface area contributed by atoms with Crippen molar-refractivity contribution in [3.05, 3.63) is 0 Å². The van der Waals surface area contributed by atoms with E-state index in [0.29, 0.717) is 13.0 Å². The number of amides is 1. The van der Waals surface area contributed by atoms with Crippen molar-refractivity contribution < 1.29 is 14.6 Å². The zero-order valence-electron chi connectivity index (χ0n) is 10.0. The summed E-state index contributed by atoms with van der Waals surface area (Å²) in [6.07, 6.45) is 0.557. The fourth-order valence-corrected chi connectivity index (χ4v) is 1.22. The van der Waals surface area contributed by atoms with Gasteiger partial charge in [-0.3, -0.25) is 4.79 Å². The van der Waals surface area contributed by atoms with Gasteiger partial charge in [-0.25, -0.2) is 0 Å². The summed E-state index contributed by atoms with van der Waals surface area (Å²) >= 11 is 0. The Morgan fingerprint density at radius 3 is 2.53 bits per heavy atom. The van der Waals surface area contributed by atoms with E-state index in [1.165, 1.54) is 4.90 Å². The molecule has 90 valence electrons. The Bertz CT molecular complexity index is 189. The molecule has 0 fully saturated rings. The molecular weight excluding hydrogens is 196 g/mol. The van der Waals surface area contributed by atoms with Gasteiger partial charge in [-0.1, -0.05) is 0 Å². The second-order valence-electron chi connectivity index (χ2n) is 4.11. The van der Waals surface area contributed by atoms with Gasteiger partial charge in [0.05, 0.1) is 13.2 Å². The van der Waals surface area contributed by atoms with E-state index in [1.807, 2.05) is 6.92 Å². The minimum atomic E-state index is -0.352. The van der Waals surface area contributed by atoms with Crippen LogP contribution in [0.4, 0.5) is 0 Å². The molecule has 0 aromatic rings. The maximum atomic E-state index is 11.4. The number of aliphatic hydroxyl groups is 1. The second-order valence-corrected chi connectivity index (χ2v) is 4.11. The lowest BCUT2D eigenvalue weighted by atomic mass is 9.99. The molecule has 0 radical (unpaired) electrons. The average Bonchev–Trinajstić information content (AvgIpc) is 2.15. The summed E-state index contributed by atoms with van der Waals surface area (Å²) in [6.45, 7) is 2.72. The van der Waals surface area contributed by atoms with Gasteiger partial charge < -0.3 is 20.1 Å². The van der Waals surface area contributed by atoms with Crippen LogP contribution < -0.4 is 5.32 Å². The third-order valence-corrected chi connectivity index (χ3v) is 2.29. The van der Waals surface area contributed by atoms with Gasteiger partial charge in [0.1, 0.15) is 0 Å². The number of rotatable bonds is 7. The topological polar surface area (TPSA) is 61.8 Å². The lowest BCUT2D eigenvalue weighted by Gasteiger charge is -2.29. The summed E-state index contributed by atoms with van der Waals surface area (Å²) < 4.78 is 5.05. The second kappa shape index (κ2) is 6.76. The first kappa shape index (κ1) is 14.3. The van der Waals surface area contributed by atoms with Crippen molar-refractivity contribution in [3.63, 3.8) is 0 Å². The van der Waals surface area contributed by atoms with Crippen molar-refractivity contribution in [1.29, 1.82) is 0 Å².